The van der Waals surface area contributed by atoms with E-state index in [2.05, 4.69) is 6.92 Å². The number of carbonyl (C=O) groups is 2. The third kappa shape index (κ3) is 3.94. The molecule has 26 heavy (non-hydrogen) atoms. The Bertz CT molecular complexity index is 796. The first-order valence-corrected chi connectivity index (χ1v) is 8.93. The molecule has 0 aliphatic carbocycles. The third-order valence-electron chi connectivity index (χ3n) is 4.65. The molecule has 5 heteroatoms. The van der Waals surface area contributed by atoms with E-state index in [1.54, 1.807) is 23.1 Å². The number of hydrogen-bond donors (Lipinski definition) is 1. The number of amides is 1. The molecule has 1 N–H and O–H groups in total. The van der Waals surface area contributed by atoms with Crippen molar-refractivity contribution in [3.63, 3.8) is 0 Å². The summed E-state index contributed by atoms with van der Waals surface area (Å²) in [5.41, 5.74) is 2.93. The Kier molecular flexibility index (Phi) is 5.68. The van der Waals surface area contributed by atoms with E-state index in [0.29, 0.717) is 13.2 Å². The molecule has 1 unspecified atom stereocenters. The summed E-state index contributed by atoms with van der Waals surface area (Å²) in [5, 5.41) is 9.22. The monoisotopic (exact) mass is 353 g/mol. The third-order valence-corrected chi connectivity index (χ3v) is 4.65. The second kappa shape index (κ2) is 8.15. The van der Waals surface area contributed by atoms with Gasteiger partial charge in [-0.05, 0) is 48.6 Å². The normalized spacial score (nSPS) is 16.4. The number of carbonyl (C=O) groups excluding carboxylic acids is 1. The minimum Gasteiger partial charge on any atom is -0.478 e. The van der Waals surface area contributed by atoms with E-state index >= 15 is 0 Å². The van der Waals surface area contributed by atoms with Gasteiger partial charge >= 0.3 is 5.97 Å². The summed E-state index contributed by atoms with van der Waals surface area (Å²) in [4.78, 5) is 26.1. The number of anilines is 1. The molecule has 2 aromatic rings. The van der Waals surface area contributed by atoms with Crippen molar-refractivity contribution in [3.05, 3.63) is 65.2 Å². The molecule has 1 aliphatic rings. The fraction of sp³-hybridized carbons (Fsp3) is 0.333. The summed E-state index contributed by atoms with van der Waals surface area (Å²) in [5.74, 6) is -1.04. The van der Waals surface area contributed by atoms with Crippen LogP contribution in [0.25, 0.3) is 0 Å². The maximum absolute atomic E-state index is 13.1. The molecule has 0 aromatic heterocycles. The molecule has 0 radical (unpaired) electrons. The predicted octanol–water partition coefficient (Wildman–Crippen LogP) is 3.66. The van der Waals surface area contributed by atoms with E-state index in [0.717, 1.165) is 36.1 Å². The highest BCUT2D eigenvalue weighted by molar-refractivity contribution is 5.97. The first-order valence-electron chi connectivity index (χ1n) is 8.93. The van der Waals surface area contributed by atoms with Crippen molar-refractivity contribution >= 4 is 17.6 Å². The Labute approximate surface area is 153 Å². The van der Waals surface area contributed by atoms with Crippen LogP contribution in [-0.2, 0) is 22.5 Å². The van der Waals surface area contributed by atoms with Gasteiger partial charge in [-0.2, -0.15) is 0 Å². The SMILES string of the molecule is CCc1ccccc1N(Cc1cccc(C(=O)O)c1)C(=O)C1CCCO1. The zero-order valence-electron chi connectivity index (χ0n) is 14.9. The molecular formula is C21H23NO4. The molecule has 136 valence electrons. The molecule has 0 bridgehead atoms. The predicted molar refractivity (Wildman–Crippen MR) is 99.4 cm³/mol. The number of para-hydroxylation sites is 1. The molecular weight excluding hydrogens is 330 g/mol. The van der Waals surface area contributed by atoms with Gasteiger partial charge in [-0.25, -0.2) is 4.79 Å². The molecule has 1 fully saturated rings. The van der Waals surface area contributed by atoms with Gasteiger partial charge in [-0.1, -0.05) is 37.3 Å². The molecule has 1 atom stereocenters. The van der Waals surface area contributed by atoms with Crippen molar-refractivity contribution in [1.82, 2.24) is 0 Å². The summed E-state index contributed by atoms with van der Waals surface area (Å²) < 4.78 is 5.61. The number of nitrogens with zero attached hydrogens (tertiary/aromatic N) is 1. The lowest BCUT2D eigenvalue weighted by atomic mass is 10.1. The minimum atomic E-state index is -0.974. The number of aryl methyl sites for hydroxylation is 1. The Balaban J connectivity index is 1.96. The van der Waals surface area contributed by atoms with Crippen molar-refractivity contribution < 1.29 is 19.4 Å². The number of benzene rings is 2. The molecule has 1 heterocycles. The Morgan fingerprint density at radius 3 is 2.69 bits per heavy atom. The van der Waals surface area contributed by atoms with Crippen LogP contribution in [0, 0.1) is 0 Å². The summed E-state index contributed by atoms with van der Waals surface area (Å²) in [6.07, 6.45) is 1.98. The van der Waals surface area contributed by atoms with E-state index in [-0.39, 0.29) is 11.5 Å². The average molecular weight is 353 g/mol. The number of ether oxygens (including phenoxy) is 1. The molecule has 3 rings (SSSR count). The van der Waals surface area contributed by atoms with Crippen LogP contribution in [-0.4, -0.2) is 29.7 Å². The van der Waals surface area contributed by atoms with Crippen LogP contribution >= 0.6 is 0 Å². The zero-order valence-corrected chi connectivity index (χ0v) is 14.9. The lowest BCUT2D eigenvalue weighted by Crippen LogP contribution is -2.39. The van der Waals surface area contributed by atoms with Gasteiger partial charge < -0.3 is 14.7 Å². The number of carboxylic acids is 1. The summed E-state index contributed by atoms with van der Waals surface area (Å²) in [6, 6.07) is 14.5. The van der Waals surface area contributed by atoms with E-state index in [9.17, 15) is 14.7 Å². The second-order valence-corrected chi connectivity index (χ2v) is 6.41. The van der Waals surface area contributed by atoms with Crippen LogP contribution in [0.2, 0.25) is 0 Å². The van der Waals surface area contributed by atoms with Crippen LogP contribution < -0.4 is 4.90 Å². The first-order chi connectivity index (χ1) is 12.6. The number of hydrogen-bond acceptors (Lipinski definition) is 3. The minimum absolute atomic E-state index is 0.0656. The van der Waals surface area contributed by atoms with E-state index < -0.39 is 12.1 Å². The highest BCUT2D eigenvalue weighted by Crippen LogP contribution is 2.26. The standard InChI is InChI=1S/C21H23NO4/c1-2-16-8-3-4-10-18(16)22(20(23)19-11-6-12-26-19)14-15-7-5-9-17(13-15)21(24)25/h3-5,7-10,13,19H,2,6,11-12,14H2,1H3,(H,24,25). The fourth-order valence-corrected chi connectivity index (χ4v) is 3.29. The van der Waals surface area contributed by atoms with Gasteiger partial charge in [-0.15, -0.1) is 0 Å². The van der Waals surface area contributed by atoms with Gasteiger partial charge in [0.2, 0.25) is 0 Å². The van der Waals surface area contributed by atoms with Gasteiger partial charge in [0, 0.05) is 12.3 Å². The van der Waals surface area contributed by atoms with Crippen molar-refractivity contribution in [2.24, 2.45) is 0 Å². The number of carboxylic acid groups (broad SMARTS) is 1. The molecule has 2 aromatic carbocycles. The quantitative estimate of drug-likeness (QED) is 0.861. The maximum Gasteiger partial charge on any atom is 0.335 e. The topological polar surface area (TPSA) is 66.8 Å². The molecule has 1 aliphatic heterocycles. The lowest BCUT2D eigenvalue weighted by molar-refractivity contribution is -0.127. The molecule has 0 spiro atoms. The fourth-order valence-electron chi connectivity index (χ4n) is 3.29. The van der Waals surface area contributed by atoms with E-state index in [1.165, 1.54) is 0 Å². The number of rotatable bonds is 6. The van der Waals surface area contributed by atoms with Crippen LogP contribution in [0.4, 0.5) is 5.69 Å². The van der Waals surface area contributed by atoms with E-state index in [4.69, 9.17) is 4.74 Å². The van der Waals surface area contributed by atoms with Crippen molar-refractivity contribution in [1.29, 1.82) is 0 Å². The second-order valence-electron chi connectivity index (χ2n) is 6.41. The van der Waals surface area contributed by atoms with Crippen molar-refractivity contribution in [3.8, 4) is 0 Å². The van der Waals surface area contributed by atoms with Gasteiger partial charge in [0.15, 0.2) is 0 Å². The largest absolute Gasteiger partial charge is 0.478 e. The van der Waals surface area contributed by atoms with Crippen molar-refractivity contribution in [2.45, 2.75) is 38.8 Å². The van der Waals surface area contributed by atoms with Crippen molar-refractivity contribution in [2.75, 3.05) is 11.5 Å². The highest BCUT2D eigenvalue weighted by atomic mass is 16.5. The average Bonchev–Trinajstić information content (AvgIpc) is 3.20. The molecule has 5 nitrogen and oxygen atoms in total. The highest BCUT2D eigenvalue weighted by Gasteiger charge is 2.30. The van der Waals surface area contributed by atoms with Gasteiger partial charge in [0.05, 0.1) is 12.1 Å². The van der Waals surface area contributed by atoms with Gasteiger partial charge in [0.1, 0.15) is 6.10 Å². The maximum atomic E-state index is 13.1. The Hall–Kier alpha value is -2.66. The van der Waals surface area contributed by atoms with Crippen LogP contribution in [0.5, 0.6) is 0 Å². The molecule has 0 saturated carbocycles. The summed E-state index contributed by atoms with van der Waals surface area (Å²) in [7, 11) is 0. The van der Waals surface area contributed by atoms with E-state index in [1.807, 2.05) is 30.3 Å². The van der Waals surface area contributed by atoms with Crippen LogP contribution in [0.15, 0.2) is 48.5 Å². The number of aromatic carboxylic acids is 1. The van der Waals surface area contributed by atoms with Gasteiger partial charge in [-0.3, -0.25) is 4.79 Å². The van der Waals surface area contributed by atoms with Crippen LogP contribution in [0.1, 0.15) is 41.3 Å². The molecule has 1 amide bonds. The first kappa shape index (κ1) is 18.1. The summed E-state index contributed by atoms with van der Waals surface area (Å²) in [6.45, 7) is 2.98. The lowest BCUT2D eigenvalue weighted by Gasteiger charge is -2.27. The Morgan fingerprint density at radius 1 is 1.19 bits per heavy atom. The summed E-state index contributed by atoms with van der Waals surface area (Å²) >= 11 is 0. The smallest absolute Gasteiger partial charge is 0.335 e. The zero-order chi connectivity index (χ0) is 18.5. The van der Waals surface area contributed by atoms with Gasteiger partial charge in [0.25, 0.3) is 5.91 Å². The molecule has 1 saturated heterocycles. The Morgan fingerprint density at radius 2 is 2.00 bits per heavy atom. The van der Waals surface area contributed by atoms with Crippen LogP contribution in [0.3, 0.4) is 0 Å².